The van der Waals surface area contributed by atoms with Gasteiger partial charge in [0.15, 0.2) is 0 Å². The third-order valence-electron chi connectivity index (χ3n) is 5.52. The van der Waals surface area contributed by atoms with Crippen LogP contribution in [0.1, 0.15) is 35.4 Å². The number of rotatable bonds is 3. The lowest BCUT2D eigenvalue weighted by atomic mass is 9.81. The molecule has 3 aliphatic rings. The van der Waals surface area contributed by atoms with E-state index in [4.69, 9.17) is 0 Å². The van der Waals surface area contributed by atoms with Gasteiger partial charge in [0.1, 0.15) is 4.88 Å². The molecule has 3 fully saturated rings. The maximum Gasteiger partial charge on any atom is 0.263 e. The van der Waals surface area contributed by atoms with Crippen molar-refractivity contribution < 1.29 is 14.7 Å². The van der Waals surface area contributed by atoms with Crippen LogP contribution in [0.4, 0.5) is 0 Å². The molecule has 6 nitrogen and oxygen atoms in total. The van der Waals surface area contributed by atoms with Gasteiger partial charge in [-0.25, -0.2) is 0 Å². The van der Waals surface area contributed by atoms with Gasteiger partial charge in [-0.2, -0.15) is 0 Å². The van der Waals surface area contributed by atoms with E-state index in [0.717, 1.165) is 25.9 Å². The second-order valence-corrected chi connectivity index (χ2v) is 7.98. The van der Waals surface area contributed by atoms with Gasteiger partial charge in [-0.15, -0.1) is 11.3 Å². The molecule has 1 aromatic heterocycles. The number of carbonyl (C=O) groups is 2. The molecule has 1 saturated heterocycles. The number of aliphatic hydroxyl groups is 1. The van der Waals surface area contributed by atoms with Gasteiger partial charge in [0.25, 0.3) is 5.91 Å². The second kappa shape index (κ2) is 5.87. The van der Waals surface area contributed by atoms with Crippen LogP contribution in [0.3, 0.4) is 0 Å². The van der Waals surface area contributed by atoms with Gasteiger partial charge in [0, 0.05) is 25.0 Å². The first-order valence-corrected chi connectivity index (χ1v) is 9.14. The molecule has 0 aromatic carbocycles. The van der Waals surface area contributed by atoms with Crippen molar-refractivity contribution >= 4 is 23.2 Å². The van der Waals surface area contributed by atoms with Crippen LogP contribution in [0, 0.1) is 17.8 Å². The molecule has 1 aromatic rings. The highest BCUT2D eigenvalue weighted by Gasteiger charge is 2.45. The first-order chi connectivity index (χ1) is 11.1. The lowest BCUT2D eigenvalue weighted by molar-refractivity contribution is -0.141. The molecule has 2 saturated carbocycles. The number of hydrogen-bond donors (Lipinski definition) is 2. The second-order valence-electron chi connectivity index (χ2n) is 7.09. The van der Waals surface area contributed by atoms with Crippen LogP contribution >= 0.6 is 11.3 Å². The normalized spacial score (nSPS) is 35.7. The van der Waals surface area contributed by atoms with Crippen molar-refractivity contribution in [1.82, 2.24) is 15.2 Å². The molecule has 1 aliphatic heterocycles. The fraction of sp³-hybridized carbons (Fsp3) is 0.688. The Bertz CT molecular complexity index is 586. The number of amides is 2. The van der Waals surface area contributed by atoms with Gasteiger partial charge < -0.3 is 15.3 Å². The number of likely N-dealkylation sites (tertiary alicyclic amines) is 1. The predicted molar refractivity (Wildman–Crippen MR) is 84.9 cm³/mol. The highest BCUT2D eigenvalue weighted by atomic mass is 32.1. The Morgan fingerprint density at radius 3 is 2.48 bits per heavy atom. The minimum absolute atomic E-state index is 0.0330. The summed E-state index contributed by atoms with van der Waals surface area (Å²) in [6, 6.07) is 0.211. The number of nitrogens with zero attached hydrogens (tertiary/aromatic N) is 2. The third kappa shape index (κ3) is 2.87. The molecule has 2 heterocycles. The smallest absolute Gasteiger partial charge is 0.263 e. The van der Waals surface area contributed by atoms with Crippen molar-refractivity contribution in [3.05, 3.63) is 16.6 Å². The van der Waals surface area contributed by atoms with E-state index in [2.05, 4.69) is 10.3 Å². The first-order valence-electron chi connectivity index (χ1n) is 8.26. The molecule has 7 heteroatoms. The summed E-state index contributed by atoms with van der Waals surface area (Å²) in [6.07, 6.45) is 4.47. The van der Waals surface area contributed by atoms with E-state index in [1.165, 1.54) is 11.3 Å². The fourth-order valence-corrected chi connectivity index (χ4v) is 4.75. The lowest BCUT2D eigenvalue weighted by Crippen LogP contribution is -2.43. The standard InChI is InChI=1S/C16H21N3O3S/c20-13-3-9(4-13)16(22)19-6-10-1-12(2-11(10)7-19)18-15(21)14-5-17-8-23-14/h5,8-13,20H,1-4,6-7H2,(H,18,21). The summed E-state index contributed by atoms with van der Waals surface area (Å²) in [5.41, 5.74) is 1.67. The number of aliphatic hydroxyl groups excluding tert-OH is 1. The molecule has 0 spiro atoms. The Kier molecular flexibility index (Phi) is 3.85. The molecular formula is C16H21N3O3S. The zero-order chi connectivity index (χ0) is 16.0. The maximum absolute atomic E-state index is 12.4. The number of fused-ring (bicyclic) bond motifs is 1. The average Bonchev–Trinajstić information content (AvgIpc) is 3.18. The number of thiazole rings is 1. The van der Waals surface area contributed by atoms with Crippen molar-refractivity contribution in [3.8, 4) is 0 Å². The van der Waals surface area contributed by atoms with Gasteiger partial charge in [-0.3, -0.25) is 14.6 Å². The molecule has 2 atom stereocenters. The molecule has 2 N–H and O–H groups in total. The Hall–Kier alpha value is -1.47. The highest BCUT2D eigenvalue weighted by molar-refractivity contribution is 7.11. The van der Waals surface area contributed by atoms with Crippen LogP contribution in [0.2, 0.25) is 0 Å². The minimum Gasteiger partial charge on any atom is -0.393 e. The van der Waals surface area contributed by atoms with Crippen LogP contribution < -0.4 is 5.32 Å². The Morgan fingerprint density at radius 2 is 1.91 bits per heavy atom. The lowest BCUT2D eigenvalue weighted by Gasteiger charge is -2.33. The Labute approximate surface area is 138 Å². The zero-order valence-corrected chi connectivity index (χ0v) is 13.7. The highest BCUT2D eigenvalue weighted by Crippen LogP contribution is 2.40. The molecule has 2 amide bonds. The van der Waals surface area contributed by atoms with Crippen LogP contribution in [0.15, 0.2) is 11.7 Å². The largest absolute Gasteiger partial charge is 0.393 e. The van der Waals surface area contributed by atoms with Crippen LogP contribution in [-0.4, -0.2) is 52.0 Å². The van der Waals surface area contributed by atoms with E-state index in [1.807, 2.05) is 4.90 Å². The van der Waals surface area contributed by atoms with Crippen molar-refractivity contribution in [1.29, 1.82) is 0 Å². The molecular weight excluding hydrogens is 314 g/mol. The molecule has 2 aliphatic carbocycles. The summed E-state index contributed by atoms with van der Waals surface area (Å²) in [6.45, 7) is 1.62. The van der Waals surface area contributed by atoms with E-state index in [0.29, 0.717) is 29.6 Å². The summed E-state index contributed by atoms with van der Waals surface area (Å²) in [7, 11) is 0. The van der Waals surface area contributed by atoms with E-state index in [-0.39, 0.29) is 29.9 Å². The summed E-state index contributed by atoms with van der Waals surface area (Å²) < 4.78 is 0. The molecule has 23 heavy (non-hydrogen) atoms. The minimum atomic E-state index is -0.280. The molecule has 2 unspecified atom stereocenters. The van der Waals surface area contributed by atoms with Crippen LogP contribution in [0.25, 0.3) is 0 Å². The molecule has 4 rings (SSSR count). The van der Waals surface area contributed by atoms with Gasteiger partial charge in [-0.1, -0.05) is 0 Å². The first kappa shape index (κ1) is 15.1. The fourth-order valence-electron chi connectivity index (χ4n) is 4.23. The number of carbonyl (C=O) groups excluding carboxylic acids is 2. The van der Waals surface area contributed by atoms with Crippen molar-refractivity contribution in [2.45, 2.75) is 37.8 Å². The van der Waals surface area contributed by atoms with E-state index < -0.39 is 0 Å². The number of nitrogens with one attached hydrogen (secondary N) is 1. The average molecular weight is 335 g/mol. The molecule has 0 bridgehead atoms. The maximum atomic E-state index is 12.4. The number of hydrogen-bond acceptors (Lipinski definition) is 5. The van der Waals surface area contributed by atoms with E-state index in [1.54, 1.807) is 11.7 Å². The quantitative estimate of drug-likeness (QED) is 0.859. The molecule has 124 valence electrons. The Balaban J connectivity index is 1.28. The topological polar surface area (TPSA) is 82.5 Å². The monoisotopic (exact) mass is 335 g/mol. The third-order valence-corrected chi connectivity index (χ3v) is 6.29. The zero-order valence-electron chi connectivity index (χ0n) is 12.9. The van der Waals surface area contributed by atoms with Crippen LogP contribution in [-0.2, 0) is 4.79 Å². The summed E-state index contributed by atoms with van der Waals surface area (Å²) in [4.78, 5) is 31.0. The van der Waals surface area contributed by atoms with Gasteiger partial charge in [0.05, 0.1) is 17.8 Å². The van der Waals surface area contributed by atoms with E-state index in [9.17, 15) is 14.7 Å². The summed E-state index contributed by atoms with van der Waals surface area (Å²) in [5, 5.41) is 12.5. The van der Waals surface area contributed by atoms with E-state index >= 15 is 0 Å². The van der Waals surface area contributed by atoms with Gasteiger partial charge in [0.2, 0.25) is 5.91 Å². The number of aromatic nitrogens is 1. The van der Waals surface area contributed by atoms with Gasteiger partial charge >= 0.3 is 0 Å². The SMILES string of the molecule is O=C(NC1CC2CN(C(=O)C3CC(O)C3)CC2C1)c1cncs1. The van der Waals surface area contributed by atoms with Crippen molar-refractivity contribution in [2.24, 2.45) is 17.8 Å². The Morgan fingerprint density at radius 1 is 1.22 bits per heavy atom. The predicted octanol–water partition coefficient (Wildman–Crippen LogP) is 0.881. The molecule has 0 radical (unpaired) electrons. The summed E-state index contributed by atoms with van der Waals surface area (Å²) in [5.74, 6) is 1.21. The van der Waals surface area contributed by atoms with Crippen LogP contribution in [0.5, 0.6) is 0 Å². The van der Waals surface area contributed by atoms with Crippen molar-refractivity contribution in [2.75, 3.05) is 13.1 Å². The van der Waals surface area contributed by atoms with Gasteiger partial charge in [-0.05, 0) is 37.5 Å². The summed E-state index contributed by atoms with van der Waals surface area (Å²) >= 11 is 1.36. The van der Waals surface area contributed by atoms with Crippen molar-refractivity contribution in [3.63, 3.8) is 0 Å².